The van der Waals surface area contributed by atoms with Gasteiger partial charge < -0.3 is 4.90 Å². The Morgan fingerprint density at radius 2 is 1.74 bits per heavy atom. The number of nitrogens with zero attached hydrogens (tertiary/aromatic N) is 6. The van der Waals surface area contributed by atoms with E-state index in [0.29, 0.717) is 24.6 Å². The summed E-state index contributed by atoms with van der Waals surface area (Å²) in [7, 11) is 0. The van der Waals surface area contributed by atoms with Crippen molar-refractivity contribution in [3.63, 3.8) is 0 Å². The molecule has 0 saturated carbocycles. The quantitative estimate of drug-likeness (QED) is 0.585. The summed E-state index contributed by atoms with van der Waals surface area (Å²) in [5.41, 5.74) is 5.98. The molecule has 0 fully saturated rings. The van der Waals surface area contributed by atoms with Crippen LogP contribution in [-0.4, -0.2) is 37.1 Å². The van der Waals surface area contributed by atoms with Gasteiger partial charge in [0.1, 0.15) is 0 Å². The molecule has 0 unspecified atom stereocenters. The van der Waals surface area contributed by atoms with Gasteiger partial charge in [-0.3, -0.25) is 4.79 Å². The van der Waals surface area contributed by atoms with Crippen LogP contribution in [0.2, 0.25) is 0 Å². The lowest BCUT2D eigenvalue weighted by molar-refractivity contribution is -0.131. The fourth-order valence-electron chi connectivity index (χ4n) is 3.66. The normalized spacial score (nSPS) is 10.7. The lowest BCUT2D eigenvalue weighted by Crippen LogP contribution is -2.32. The van der Waals surface area contributed by atoms with Gasteiger partial charge in [-0.25, -0.2) is 14.6 Å². The maximum absolute atomic E-state index is 13.2. The van der Waals surface area contributed by atoms with E-state index >= 15 is 0 Å². The number of rotatable bonds is 7. The van der Waals surface area contributed by atoms with Gasteiger partial charge in [0, 0.05) is 35.7 Å². The molecule has 3 rings (SSSR count). The highest BCUT2D eigenvalue weighted by Gasteiger charge is 2.21. The second-order valence-electron chi connectivity index (χ2n) is 7.81. The molecule has 3 aromatic rings. The molecule has 2 aromatic heterocycles. The summed E-state index contributed by atoms with van der Waals surface area (Å²) in [5, 5.41) is 13.6. The second kappa shape index (κ2) is 9.52. The van der Waals surface area contributed by atoms with Crippen molar-refractivity contribution >= 4 is 5.91 Å². The van der Waals surface area contributed by atoms with Gasteiger partial charge in [0.05, 0.1) is 23.7 Å². The van der Waals surface area contributed by atoms with Crippen molar-refractivity contribution in [2.45, 2.75) is 54.0 Å². The van der Waals surface area contributed by atoms with Gasteiger partial charge in [0.15, 0.2) is 0 Å². The van der Waals surface area contributed by atoms with E-state index in [-0.39, 0.29) is 12.3 Å². The van der Waals surface area contributed by atoms with Gasteiger partial charge in [-0.15, -0.1) is 0 Å². The van der Waals surface area contributed by atoms with Crippen LogP contribution in [0.15, 0.2) is 30.3 Å². The third-order valence-electron chi connectivity index (χ3n) is 5.23. The highest BCUT2D eigenvalue weighted by Crippen LogP contribution is 2.19. The van der Waals surface area contributed by atoms with Gasteiger partial charge in [-0.2, -0.15) is 10.4 Å². The number of hydrogen-bond donors (Lipinski definition) is 0. The number of benzene rings is 1. The Balaban J connectivity index is 1.83. The number of nitriles is 1. The van der Waals surface area contributed by atoms with Gasteiger partial charge in [-0.05, 0) is 57.9 Å². The Labute approximate surface area is 183 Å². The number of carbonyl (C=O) groups excluding carboxylic acids is 1. The summed E-state index contributed by atoms with van der Waals surface area (Å²) in [6.07, 6.45) is 1.15. The molecule has 2 heterocycles. The van der Waals surface area contributed by atoms with E-state index in [1.54, 1.807) is 16.8 Å². The summed E-state index contributed by atoms with van der Waals surface area (Å²) in [6.45, 7) is 11.0. The zero-order valence-electron chi connectivity index (χ0n) is 18.8. The SMILES string of the molecule is CCCN(Cc1ccc(C#N)cc1)C(=O)Cc1c(C)nn(-c2nc(C)cc(C)n2)c1C. The molecule has 0 N–H and O–H groups in total. The van der Waals surface area contributed by atoms with Crippen molar-refractivity contribution in [1.82, 2.24) is 24.6 Å². The van der Waals surface area contributed by atoms with E-state index < -0.39 is 0 Å². The molecule has 7 heteroatoms. The molecule has 0 saturated heterocycles. The molecule has 0 aliphatic carbocycles. The summed E-state index contributed by atoms with van der Waals surface area (Å²) in [5.74, 6) is 0.582. The molecule has 0 bridgehead atoms. The molecule has 7 nitrogen and oxygen atoms in total. The number of aryl methyl sites for hydroxylation is 3. The van der Waals surface area contributed by atoms with E-state index in [1.165, 1.54) is 0 Å². The van der Waals surface area contributed by atoms with E-state index in [1.807, 2.05) is 50.8 Å². The summed E-state index contributed by atoms with van der Waals surface area (Å²) < 4.78 is 1.72. The zero-order chi connectivity index (χ0) is 22.5. The fraction of sp³-hybridized carbons (Fsp3) is 0.375. The van der Waals surface area contributed by atoms with Crippen LogP contribution in [0, 0.1) is 39.0 Å². The first-order valence-electron chi connectivity index (χ1n) is 10.5. The zero-order valence-corrected chi connectivity index (χ0v) is 18.8. The van der Waals surface area contributed by atoms with E-state index in [0.717, 1.165) is 40.3 Å². The number of carbonyl (C=O) groups is 1. The largest absolute Gasteiger partial charge is 0.338 e. The number of amides is 1. The predicted octanol–water partition coefficient (Wildman–Crippen LogP) is 3.75. The van der Waals surface area contributed by atoms with Crippen LogP contribution in [0.3, 0.4) is 0 Å². The molecule has 0 atom stereocenters. The lowest BCUT2D eigenvalue weighted by Gasteiger charge is -2.22. The number of hydrogen-bond acceptors (Lipinski definition) is 5. The Bertz CT molecular complexity index is 1100. The monoisotopic (exact) mass is 416 g/mol. The minimum atomic E-state index is 0.0540. The molecule has 0 aliphatic rings. The van der Waals surface area contributed by atoms with Crippen molar-refractivity contribution < 1.29 is 4.79 Å². The highest BCUT2D eigenvalue weighted by molar-refractivity contribution is 5.79. The third-order valence-corrected chi connectivity index (χ3v) is 5.23. The van der Waals surface area contributed by atoms with Crippen molar-refractivity contribution in [2.75, 3.05) is 6.54 Å². The topological polar surface area (TPSA) is 87.7 Å². The Kier molecular flexibility index (Phi) is 6.81. The Morgan fingerprint density at radius 1 is 1.10 bits per heavy atom. The van der Waals surface area contributed by atoms with Crippen LogP contribution in [0.1, 0.15) is 52.8 Å². The summed E-state index contributed by atoms with van der Waals surface area (Å²) >= 11 is 0. The molecule has 0 spiro atoms. The average molecular weight is 417 g/mol. The van der Waals surface area contributed by atoms with Crippen molar-refractivity contribution in [2.24, 2.45) is 0 Å². The van der Waals surface area contributed by atoms with Crippen molar-refractivity contribution in [1.29, 1.82) is 5.26 Å². The van der Waals surface area contributed by atoms with Crippen LogP contribution >= 0.6 is 0 Å². The highest BCUT2D eigenvalue weighted by atomic mass is 16.2. The predicted molar refractivity (Wildman–Crippen MR) is 119 cm³/mol. The van der Waals surface area contributed by atoms with Crippen molar-refractivity contribution in [3.8, 4) is 12.0 Å². The minimum absolute atomic E-state index is 0.0540. The van der Waals surface area contributed by atoms with Crippen LogP contribution in [-0.2, 0) is 17.8 Å². The second-order valence-corrected chi connectivity index (χ2v) is 7.81. The van der Waals surface area contributed by atoms with Crippen LogP contribution in [0.4, 0.5) is 0 Å². The lowest BCUT2D eigenvalue weighted by atomic mass is 10.1. The first-order chi connectivity index (χ1) is 14.8. The van der Waals surface area contributed by atoms with Crippen molar-refractivity contribution in [3.05, 3.63) is 69.8 Å². The first-order valence-corrected chi connectivity index (χ1v) is 10.5. The molecular weight excluding hydrogens is 388 g/mol. The summed E-state index contributed by atoms with van der Waals surface area (Å²) in [4.78, 5) is 24.1. The molecule has 1 amide bonds. The molecule has 160 valence electrons. The maximum Gasteiger partial charge on any atom is 0.251 e. The number of aromatic nitrogens is 4. The molecule has 0 radical (unpaired) electrons. The molecule has 0 aliphatic heterocycles. The fourth-order valence-corrected chi connectivity index (χ4v) is 3.66. The van der Waals surface area contributed by atoms with Gasteiger partial charge in [-0.1, -0.05) is 19.1 Å². The van der Waals surface area contributed by atoms with Gasteiger partial charge >= 0.3 is 0 Å². The summed E-state index contributed by atoms with van der Waals surface area (Å²) in [6, 6.07) is 11.4. The Hall–Kier alpha value is -3.53. The average Bonchev–Trinajstić information content (AvgIpc) is 3.01. The van der Waals surface area contributed by atoms with E-state index in [2.05, 4.69) is 28.1 Å². The maximum atomic E-state index is 13.2. The van der Waals surface area contributed by atoms with Gasteiger partial charge in [0.25, 0.3) is 5.95 Å². The molecular formula is C24H28N6O. The van der Waals surface area contributed by atoms with Crippen LogP contribution in [0.25, 0.3) is 5.95 Å². The minimum Gasteiger partial charge on any atom is -0.338 e. The van der Waals surface area contributed by atoms with Gasteiger partial charge in [0.2, 0.25) is 5.91 Å². The standard InChI is InChI=1S/C24H28N6O/c1-6-11-29(15-21-9-7-20(14-25)8-10-21)23(31)13-22-18(4)28-30(19(22)5)24-26-16(2)12-17(3)27-24/h7-10,12H,6,11,13,15H2,1-5H3. The molecule has 1 aromatic carbocycles. The smallest absolute Gasteiger partial charge is 0.251 e. The first kappa shape index (κ1) is 22.2. The van der Waals surface area contributed by atoms with E-state index in [4.69, 9.17) is 5.26 Å². The van der Waals surface area contributed by atoms with Crippen LogP contribution in [0.5, 0.6) is 0 Å². The van der Waals surface area contributed by atoms with E-state index in [9.17, 15) is 4.79 Å². The Morgan fingerprint density at radius 3 is 2.32 bits per heavy atom. The molecule has 31 heavy (non-hydrogen) atoms. The van der Waals surface area contributed by atoms with Crippen LogP contribution < -0.4 is 0 Å². The third kappa shape index (κ3) is 5.15.